The van der Waals surface area contributed by atoms with Gasteiger partial charge in [-0.15, -0.1) is 5.10 Å². The molecule has 0 aliphatic carbocycles. The molecule has 0 spiro atoms. The smallest absolute Gasteiger partial charge is 0.313 e. The molecule has 72 valence electrons. The monoisotopic (exact) mass is 208 g/mol. The van der Waals surface area contributed by atoms with Crippen LogP contribution in [-0.4, -0.2) is 10.2 Å². The van der Waals surface area contributed by atoms with E-state index in [4.69, 9.17) is 16.0 Å². The zero-order valence-electron chi connectivity index (χ0n) is 7.91. The summed E-state index contributed by atoms with van der Waals surface area (Å²) in [5.74, 6) is 0.469. The minimum absolute atomic E-state index is 0.0703. The largest absolute Gasteiger partial charge is 0.407 e. The summed E-state index contributed by atoms with van der Waals surface area (Å²) < 4.78 is 5.15. The molecule has 0 N–H and O–H groups in total. The maximum Gasteiger partial charge on any atom is 0.313 e. The van der Waals surface area contributed by atoms with Gasteiger partial charge in [0.2, 0.25) is 5.89 Å². The van der Waals surface area contributed by atoms with Gasteiger partial charge in [-0.2, -0.15) is 0 Å². The van der Waals surface area contributed by atoms with Crippen molar-refractivity contribution in [1.82, 2.24) is 10.2 Å². The Hall–Kier alpha value is -1.35. The van der Waals surface area contributed by atoms with Gasteiger partial charge in [0, 0.05) is 5.56 Å². The van der Waals surface area contributed by atoms with Crippen molar-refractivity contribution in [1.29, 1.82) is 0 Å². The molecule has 0 amide bonds. The van der Waals surface area contributed by atoms with Gasteiger partial charge in [0.25, 0.3) is 0 Å². The van der Waals surface area contributed by atoms with Gasteiger partial charge in [0.05, 0.1) is 0 Å². The second-order valence-electron chi connectivity index (χ2n) is 3.11. The number of aromatic nitrogens is 2. The Morgan fingerprint density at radius 2 is 2.00 bits per heavy atom. The number of rotatable bonds is 1. The predicted octanol–water partition coefficient (Wildman–Crippen LogP) is 3.01. The highest BCUT2D eigenvalue weighted by Gasteiger charge is 2.10. The molecular formula is C10H9ClN2O. The molecule has 0 aliphatic heterocycles. The highest BCUT2D eigenvalue weighted by atomic mass is 35.5. The number of nitrogens with zero attached hydrogens (tertiary/aromatic N) is 2. The fraction of sp³-hybridized carbons (Fsp3) is 0.200. The van der Waals surface area contributed by atoms with E-state index < -0.39 is 0 Å². The van der Waals surface area contributed by atoms with E-state index in [0.29, 0.717) is 5.89 Å². The minimum atomic E-state index is 0.0703. The molecule has 1 aromatic carbocycles. The zero-order chi connectivity index (χ0) is 10.1. The zero-order valence-corrected chi connectivity index (χ0v) is 8.67. The van der Waals surface area contributed by atoms with Gasteiger partial charge in [-0.05, 0) is 42.6 Å². The highest BCUT2D eigenvalue weighted by Crippen LogP contribution is 2.24. The quantitative estimate of drug-likeness (QED) is 0.723. The molecule has 2 rings (SSSR count). The van der Waals surface area contributed by atoms with Crippen LogP contribution in [-0.2, 0) is 0 Å². The van der Waals surface area contributed by atoms with E-state index in [1.165, 1.54) is 5.56 Å². The van der Waals surface area contributed by atoms with Crippen molar-refractivity contribution in [3.8, 4) is 11.5 Å². The maximum atomic E-state index is 5.56. The third-order valence-electron chi connectivity index (χ3n) is 2.24. The molecule has 3 nitrogen and oxygen atoms in total. The molecule has 0 aliphatic rings. The molecule has 0 atom stereocenters. The first-order valence-electron chi connectivity index (χ1n) is 4.24. The van der Waals surface area contributed by atoms with Crippen LogP contribution in [0, 0.1) is 13.8 Å². The average Bonchev–Trinajstić information content (AvgIpc) is 2.57. The van der Waals surface area contributed by atoms with Crippen molar-refractivity contribution >= 4 is 11.6 Å². The fourth-order valence-electron chi connectivity index (χ4n) is 1.30. The fourth-order valence-corrected chi connectivity index (χ4v) is 1.41. The Bertz CT molecular complexity index is 465. The van der Waals surface area contributed by atoms with E-state index >= 15 is 0 Å². The number of halogens is 1. The molecule has 1 heterocycles. The van der Waals surface area contributed by atoms with Gasteiger partial charge < -0.3 is 4.42 Å². The first-order valence-corrected chi connectivity index (χ1v) is 4.62. The lowest BCUT2D eigenvalue weighted by Gasteiger charge is -2.03. The third kappa shape index (κ3) is 1.51. The van der Waals surface area contributed by atoms with E-state index in [-0.39, 0.29) is 5.35 Å². The number of benzene rings is 1. The Labute approximate surface area is 86.7 Å². The molecule has 0 radical (unpaired) electrons. The maximum absolute atomic E-state index is 5.56. The lowest BCUT2D eigenvalue weighted by atomic mass is 10.0. The van der Waals surface area contributed by atoms with Gasteiger partial charge in [0.1, 0.15) is 0 Å². The summed E-state index contributed by atoms with van der Waals surface area (Å²) in [6, 6.07) is 5.93. The van der Waals surface area contributed by atoms with Crippen molar-refractivity contribution < 1.29 is 4.42 Å². The van der Waals surface area contributed by atoms with E-state index in [1.54, 1.807) is 0 Å². The Morgan fingerprint density at radius 3 is 2.64 bits per heavy atom. The van der Waals surface area contributed by atoms with E-state index in [9.17, 15) is 0 Å². The Balaban J connectivity index is 2.57. The van der Waals surface area contributed by atoms with Crippen LogP contribution in [0.4, 0.5) is 0 Å². The lowest BCUT2D eigenvalue weighted by Crippen LogP contribution is -1.86. The normalized spacial score (nSPS) is 10.5. The average molecular weight is 209 g/mol. The SMILES string of the molecule is Cc1cccc(-c2nnc(Cl)o2)c1C. The highest BCUT2D eigenvalue weighted by molar-refractivity contribution is 6.27. The standard InChI is InChI=1S/C10H9ClN2O/c1-6-4-3-5-8(7(6)2)9-12-13-10(11)14-9/h3-5H,1-2H3. The van der Waals surface area contributed by atoms with Crippen LogP contribution in [0.1, 0.15) is 11.1 Å². The van der Waals surface area contributed by atoms with Gasteiger partial charge in [-0.1, -0.05) is 17.2 Å². The molecule has 0 bridgehead atoms. The summed E-state index contributed by atoms with van der Waals surface area (Å²) in [6.45, 7) is 4.06. The van der Waals surface area contributed by atoms with Crippen LogP contribution in [0.3, 0.4) is 0 Å². The van der Waals surface area contributed by atoms with Gasteiger partial charge in [0.15, 0.2) is 0 Å². The van der Waals surface area contributed by atoms with Crippen molar-refractivity contribution in [2.75, 3.05) is 0 Å². The Kier molecular flexibility index (Phi) is 2.25. The van der Waals surface area contributed by atoms with Crippen molar-refractivity contribution in [2.45, 2.75) is 13.8 Å². The molecule has 0 saturated carbocycles. The summed E-state index contributed by atoms with van der Waals surface area (Å²) in [6.07, 6.45) is 0. The van der Waals surface area contributed by atoms with Crippen LogP contribution < -0.4 is 0 Å². The Morgan fingerprint density at radius 1 is 1.21 bits per heavy atom. The summed E-state index contributed by atoms with van der Waals surface area (Å²) in [5.41, 5.74) is 3.26. The van der Waals surface area contributed by atoms with Crippen molar-refractivity contribution in [3.63, 3.8) is 0 Å². The first kappa shape index (κ1) is 9.21. The molecule has 4 heteroatoms. The van der Waals surface area contributed by atoms with Crippen LogP contribution in [0.2, 0.25) is 5.35 Å². The molecule has 2 aromatic rings. The molecular weight excluding hydrogens is 200 g/mol. The molecule has 0 fully saturated rings. The van der Waals surface area contributed by atoms with Gasteiger partial charge in [-0.3, -0.25) is 0 Å². The molecule has 0 saturated heterocycles. The van der Waals surface area contributed by atoms with Crippen molar-refractivity contribution in [3.05, 3.63) is 34.7 Å². The number of hydrogen-bond acceptors (Lipinski definition) is 3. The lowest BCUT2D eigenvalue weighted by molar-refractivity contribution is 0.570. The van der Waals surface area contributed by atoms with E-state index in [2.05, 4.69) is 10.2 Å². The summed E-state index contributed by atoms with van der Waals surface area (Å²) in [5, 5.41) is 7.52. The first-order chi connectivity index (χ1) is 6.68. The van der Waals surface area contributed by atoms with Crippen molar-refractivity contribution in [2.24, 2.45) is 0 Å². The second kappa shape index (κ2) is 3.42. The predicted molar refractivity (Wildman–Crippen MR) is 54.2 cm³/mol. The van der Waals surface area contributed by atoms with Gasteiger partial charge in [-0.25, -0.2) is 0 Å². The minimum Gasteiger partial charge on any atom is -0.407 e. The van der Waals surface area contributed by atoms with Crippen LogP contribution >= 0.6 is 11.6 Å². The molecule has 0 unspecified atom stereocenters. The van der Waals surface area contributed by atoms with E-state index in [1.807, 2.05) is 32.0 Å². The topological polar surface area (TPSA) is 38.9 Å². The molecule has 1 aromatic heterocycles. The summed E-state index contributed by atoms with van der Waals surface area (Å²) in [7, 11) is 0. The second-order valence-corrected chi connectivity index (χ2v) is 3.43. The molecule has 14 heavy (non-hydrogen) atoms. The summed E-state index contributed by atoms with van der Waals surface area (Å²) >= 11 is 5.56. The number of hydrogen-bond donors (Lipinski definition) is 0. The third-order valence-corrected chi connectivity index (χ3v) is 2.39. The van der Waals surface area contributed by atoms with Crippen LogP contribution in [0.15, 0.2) is 22.6 Å². The van der Waals surface area contributed by atoms with Gasteiger partial charge >= 0.3 is 5.35 Å². The van der Waals surface area contributed by atoms with E-state index in [0.717, 1.165) is 11.1 Å². The van der Waals surface area contributed by atoms with Crippen LogP contribution in [0.5, 0.6) is 0 Å². The number of aryl methyl sites for hydroxylation is 1. The summed E-state index contributed by atoms with van der Waals surface area (Å²) in [4.78, 5) is 0. The van der Waals surface area contributed by atoms with Crippen LogP contribution in [0.25, 0.3) is 11.5 Å².